The summed E-state index contributed by atoms with van der Waals surface area (Å²) in [6, 6.07) is 11.7. The van der Waals surface area contributed by atoms with E-state index in [1.807, 2.05) is 30.3 Å². The van der Waals surface area contributed by atoms with Crippen molar-refractivity contribution in [2.45, 2.75) is 51.6 Å². The standard InChI is InChI=1S/C31H39N3O9/c1-4-42-29(38)18-15-24(31(40)43-5-2)34-30(39)23(14-11-21-9-7-6-8-10-21)33-28(37)20-32-27(36)17-13-22-12-16-25(35)26(19-22)41-3/h6-10,12-13,16-17,19,23-24,35H,4-5,11,14-15,18,20H2,1-3H3,(H,32,36)(H,33,37)(H,34,39)/b17-13+/t23-,24+/m0/s1. The third kappa shape index (κ3) is 12.7. The lowest BCUT2D eigenvalue weighted by molar-refractivity contribution is -0.149. The number of phenolic OH excluding ortho intramolecular Hbond substituents is 1. The van der Waals surface area contributed by atoms with Crippen LogP contribution in [-0.2, 0) is 39.9 Å². The van der Waals surface area contributed by atoms with Gasteiger partial charge in [-0.15, -0.1) is 0 Å². The molecular weight excluding hydrogens is 558 g/mol. The van der Waals surface area contributed by atoms with Gasteiger partial charge in [-0.05, 0) is 62.4 Å². The molecule has 0 aliphatic carbocycles. The van der Waals surface area contributed by atoms with Gasteiger partial charge >= 0.3 is 11.9 Å². The average molecular weight is 598 g/mol. The van der Waals surface area contributed by atoms with E-state index in [1.54, 1.807) is 19.9 Å². The third-order valence-corrected chi connectivity index (χ3v) is 6.10. The Balaban J connectivity index is 2.06. The fourth-order valence-corrected chi connectivity index (χ4v) is 3.93. The Bertz CT molecular complexity index is 1260. The summed E-state index contributed by atoms with van der Waals surface area (Å²) in [5, 5.41) is 17.4. The molecule has 0 heterocycles. The number of carbonyl (C=O) groups excluding carboxylic acids is 5. The van der Waals surface area contributed by atoms with Gasteiger partial charge in [-0.25, -0.2) is 4.79 Å². The number of amides is 3. The van der Waals surface area contributed by atoms with E-state index < -0.39 is 48.3 Å². The lowest BCUT2D eigenvalue weighted by Crippen LogP contribution is -2.53. The van der Waals surface area contributed by atoms with Crippen LogP contribution < -0.4 is 20.7 Å². The normalized spacial score (nSPS) is 12.1. The molecule has 0 aromatic heterocycles. The van der Waals surface area contributed by atoms with Gasteiger partial charge < -0.3 is 35.3 Å². The highest BCUT2D eigenvalue weighted by molar-refractivity contribution is 5.95. The van der Waals surface area contributed by atoms with E-state index >= 15 is 0 Å². The number of hydrogen-bond donors (Lipinski definition) is 4. The maximum absolute atomic E-state index is 13.3. The zero-order chi connectivity index (χ0) is 31.6. The molecule has 2 aromatic rings. The van der Waals surface area contributed by atoms with E-state index in [0.29, 0.717) is 12.0 Å². The number of ether oxygens (including phenoxy) is 3. The van der Waals surface area contributed by atoms with Crippen LogP contribution in [0.25, 0.3) is 6.08 Å². The third-order valence-electron chi connectivity index (χ3n) is 6.10. The molecule has 0 spiro atoms. The quantitative estimate of drug-likeness (QED) is 0.157. The number of methoxy groups -OCH3 is 1. The number of rotatable bonds is 17. The smallest absolute Gasteiger partial charge is 0.328 e. The Morgan fingerprint density at radius 2 is 1.63 bits per heavy atom. The van der Waals surface area contributed by atoms with Crippen molar-refractivity contribution < 1.29 is 43.3 Å². The van der Waals surface area contributed by atoms with E-state index in [2.05, 4.69) is 16.0 Å². The van der Waals surface area contributed by atoms with Crippen LogP contribution in [0.5, 0.6) is 11.5 Å². The molecule has 12 heteroatoms. The summed E-state index contributed by atoms with van der Waals surface area (Å²) in [6.07, 6.45) is 3.18. The Morgan fingerprint density at radius 3 is 2.30 bits per heavy atom. The molecule has 0 aliphatic heterocycles. The number of esters is 2. The Kier molecular flexibility index (Phi) is 14.8. The summed E-state index contributed by atoms with van der Waals surface area (Å²) in [7, 11) is 1.40. The van der Waals surface area contributed by atoms with E-state index in [0.717, 1.165) is 5.56 Å². The Hall–Kier alpha value is -4.87. The molecule has 2 rings (SSSR count). The minimum Gasteiger partial charge on any atom is -0.504 e. The highest BCUT2D eigenvalue weighted by atomic mass is 16.5. The van der Waals surface area contributed by atoms with Crippen LogP contribution in [-0.4, -0.2) is 73.7 Å². The van der Waals surface area contributed by atoms with Crippen molar-refractivity contribution in [2.75, 3.05) is 26.9 Å². The number of hydrogen-bond acceptors (Lipinski definition) is 9. The highest BCUT2D eigenvalue weighted by Gasteiger charge is 2.28. The minimum atomic E-state index is -1.13. The number of aromatic hydroxyl groups is 1. The largest absolute Gasteiger partial charge is 0.504 e. The molecule has 43 heavy (non-hydrogen) atoms. The van der Waals surface area contributed by atoms with Gasteiger partial charge in [0.25, 0.3) is 0 Å². The maximum atomic E-state index is 13.3. The van der Waals surface area contributed by atoms with Gasteiger partial charge in [0.2, 0.25) is 17.7 Å². The van der Waals surface area contributed by atoms with Crippen LogP contribution in [0.15, 0.2) is 54.6 Å². The van der Waals surface area contributed by atoms with E-state index in [4.69, 9.17) is 14.2 Å². The number of benzene rings is 2. The lowest BCUT2D eigenvalue weighted by atomic mass is 10.0. The highest BCUT2D eigenvalue weighted by Crippen LogP contribution is 2.26. The molecule has 0 saturated carbocycles. The van der Waals surface area contributed by atoms with Gasteiger partial charge in [0.15, 0.2) is 11.5 Å². The first-order chi connectivity index (χ1) is 20.7. The van der Waals surface area contributed by atoms with Gasteiger partial charge in [-0.3, -0.25) is 19.2 Å². The fourth-order valence-electron chi connectivity index (χ4n) is 3.93. The summed E-state index contributed by atoms with van der Waals surface area (Å²) in [5.74, 6) is -2.85. The molecule has 3 amide bonds. The van der Waals surface area contributed by atoms with Crippen LogP contribution >= 0.6 is 0 Å². The second-order valence-electron chi connectivity index (χ2n) is 9.28. The Labute approximate surface area is 250 Å². The van der Waals surface area contributed by atoms with Crippen molar-refractivity contribution in [3.8, 4) is 11.5 Å². The number of carbonyl (C=O) groups is 5. The SMILES string of the molecule is CCOC(=O)CC[C@@H](NC(=O)[C@H](CCc1ccccc1)NC(=O)CNC(=O)/C=C/c1ccc(O)c(OC)c1)C(=O)OCC. The van der Waals surface area contributed by atoms with Crippen molar-refractivity contribution in [3.63, 3.8) is 0 Å². The van der Waals surface area contributed by atoms with Crippen molar-refractivity contribution in [1.82, 2.24) is 16.0 Å². The van der Waals surface area contributed by atoms with E-state index in [1.165, 1.54) is 31.4 Å². The Morgan fingerprint density at radius 1 is 0.907 bits per heavy atom. The molecule has 232 valence electrons. The van der Waals surface area contributed by atoms with Crippen molar-refractivity contribution in [1.29, 1.82) is 0 Å². The first kappa shape index (κ1) is 34.3. The molecule has 12 nitrogen and oxygen atoms in total. The summed E-state index contributed by atoms with van der Waals surface area (Å²) in [6.45, 7) is 3.12. The predicted molar refractivity (Wildman–Crippen MR) is 158 cm³/mol. The lowest BCUT2D eigenvalue weighted by Gasteiger charge is -2.22. The topological polar surface area (TPSA) is 169 Å². The van der Waals surface area contributed by atoms with Gasteiger partial charge in [0, 0.05) is 12.5 Å². The summed E-state index contributed by atoms with van der Waals surface area (Å²) in [4.78, 5) is 62.7. The maximum Gasteiger partial charge on any atom is 0.328 e. The zero-order valence-corrected chi connectivity index (χ0v) is 24.6. The van der Waals surface area contributed by atoms with Crippen molar-refractivity contribution >= 4 is 35.7 Å². The average Bonchev–Trinajstić information content (AvgIpc) is 3.00. The van der Waals surface area contributed by atoms with Crippen LogP contribution in [0.3, 0.4) is 0 Å². The van der Waals surface area contributed by atoms with E-state index in [9.17, 15) is 29.1 Å². The minimum absolute atomic E-state index is 0.0424. The van der Waals surface area contributed by atoms with Crippen LogP contribution in [0.4, 0.5) is 0 Å². The van der Waals surface area contributed by atoms with Crippen LogP contribution in [0.2, 0.25) is 0 Å². The number of phenols is 1. The zero-order valence-electron chi connectivity index (χ0n) is 24.6. The van der Waals surface area contributed by atoms with Gasteiger partial charge in [-0.2, -0.15) is 0 Å². The molecule has 0 unspecified atom stereocenters. The fraction of sp³-hybridized carbons (Fsp3) is 0.387. The van der Waals surface area contributed by atoms with Gasteiger partial charge in [-0.1, -0.05) is 36.4 Å². The molecule has 0 radical (unpaired) electrons. The second kappa shape index (κ2) is 18.5. The summed E-state index contributed by atoms with van der Waals surface area (Å²) in [5.41, 5.74) is 1.52. The second-order valence-corrected chi connectivity index (χ2v) is 9.28. The molecule has 2 aromatic carbocycles. The van der Waals surface area contributed by atoms with E-state index in [-0.39, 0.29) is 44.0 Å². The van der Waals surface area contributed by atoms with Crippen LogP contribution in [0.1, 0.15) is 44.2 Å². The molecule has 4 N–H and O–H groups in total. The van der Waals surface area contributed by atoms with Gasteiger partial charge in [0.05, 0.1) is 26.9 Å². The number of aryl methyl sites for hydroxylation is 1. The molecule has 0 bridgehead atoms. The van der Waals surface area contributed by atoms with Crippen molar-refractivity contribution in [2.24, 2.45) is 0 Å². The van der Waals surface area contributed by atoms with Gasteiger partial charge in [0.1, 0.15) is 12.1 Å². The molecule has 0 aliphatic rings. The molecule has 0 saturated heterocycles. The molecule has 2 atom stereocenters. The first-order valence-electron chi connectivity index (χ1n) is 14.0. The molecule has 0 fully saturated rings. The predicted octanol–water partition coefficient (Wildman–Crippen LogP) is 2.04. The monoisotopic (exact) mass is 597 g/mol. The first-order valence-corrected chi connectivity index (χ1v) is 14.0. The molecular formula is C31H39N3O9. The number of nitrogens with one attached hydrogen (secondary N) is 3. The van der Waals surface area contributed by atoms with Crippen LogP contribution in [0, 0.1) is 0 Å². The summed E-state index contributed by atoms with van der Waals surface area (Å²) >= 11 is 0. The summed E-state index contributed by atoms with van der Waals surface area (Å²) < 4.78 is 15.0. The van der Waals surface area contributed by atoms with Crippen molar-refractivity contribution in [3.05, 3.63) is 65.7 Å².